The fraction of sp³-hybridized carbons (Fsp3) is 0.381. The van der Waals surface area contributed by atoms with E-state index in [2.05, 4.69) is 82.5 Å². The number of nitrogens with one attached hydrogen (secondary N) is 2. The maximum Gasteiger partial charge on any atom is 0.191 e. The molecule has 2 aromatic rings. The molecule has 2 N–H and O–H groups in total. The molecule has 0 saturated heterocycles. The molecule has 0 saturated carbocycles. The molecular formula is C21H29N3S. The fourth-order valence-electron chi connectivity index (χ4n) is 2.80. The van der Waals surface area contributed by atoms with Gasteiger partial charge in [0.1, 0.15) is 0 Å². The van der Waals surface area contributed by atoms with Crippen LogP contribution in [0.4, 0.5) is 0 Å². The molecule has 25 heavy (non-hydrogen) atoms. The Morgan fingerprint density at radius 3 is 2.04 bits per heavy atom. The molecule has 0 fully saturated rings. The average Bonchev–Trinajstić information content (AvgIpc) is 2.68. The van der Waals surface area contributed by atoms with Gasteiger partial charge in [-0.2, -0.15) is 11.8 Å². The highest BCUT2D eigenvalue weighted by atomic mass is 32.2. The van der Waals surface area contributed by atoms with Crippen molar-refractivity contribution in [1.82, 2.24) is 10.6 Å². The first kappa shape index (κ1) is 19.4. The van der Waals surface area contributed by atoms with Crippen LogP contribution in [0.1, 0.15) is 29.9 Å². The van der Waals surface area contributed by atoms with E-state index in [1.165, 1.54) is 29.7 Å². The van der Waals surface area contributed by atoms with Gasteiger partial charge in [-0.15, -0.1) is 0 Å². The molecule has 3 nitrogen and oxygen atoms in total. The Bertz CT molecular complexity index is 574. The number of benzene rings is 2. The van der Waals surface area contributed by atoms with Gasteiger partial charge in [-0.1, -0.05) is 60.7 Å². The van der Waals surface area contributed by atoms with E-state index in [1.807, 2.05) is 18.8 Å². The fourth-order valence-corrected chi connectivity index (χ4v) is 3.29. The number of thioether (sulfide) groups is 1. The molecule has 2 rings (SSSR count). The number of nitrogens with zero attached hydrogens (tertiary/aromatic N) is 1. The summed E-state index contributed by atoms with van der Waals surface area (Å²) < 4.78 is 0. The van der Waals surface area contributed by atoms with Crippen molar-refractivity contribution in [3.8, 4) is 0 Å². The zero-order valence-electron chi connectivity index (χ0n) is 15.2. The molecule has 0 aromatic heterocycles. The summed E-state index contributed by atoms with van der Waals surface area (Å²) in [7, 11) is 1.83. The van der Waals surface area contributed by atoms with E-state index >= 15 is 0 Å². The number of hydrogen-bond donors (Lipinski definition) is 2. The van der Waals surface area contributed by atoms with Gasteiger partial charge >= 0.3 is 0 Å². The number of aliphatic imine (C=N–C) groups is 1. The van der Waals surface area contributed by atoms with E-state index < -0.39 is 0 Å². The molecule has 0 aliphatic heterocycles. The third-order valence-electron chi connectivity index (χ3n) is 4.17. The van der Waals surface area contributed by atoms with Crippen molar-refractivity contribution >= 4 is 17.7 Å². The second-order valence-electron chi connectivity index (χ2n) is 5.95. The second-order valence-corrected chi connectivity index (χ2v) is 6.94. The summed E-state index contributed by atoms with van der Waals surface area (Å²) in [6.45, 7) is 1.78. The minimum atomic E-state index is 0.303. The van der Waals surface area contributed by atoms with Gasteiger partial charge in [-0.05, 0) is 36.0 Å². The largest absolute Gasteiger partial charge is 0.356 e. The van der Waals surface area contributed by atoms with Crippen LogP contribution in [0.2, 0.25) is 0 Å². The van der Waals surface area contributed by atoms with Crippen molar-refractivity contribution in [2.24, 2.45) is 4.99 Å². The predicted molar refractivity (Wildman–Crippen MR) is 112 cm³/mol. The molecule has 0 spiro atoms. The standard InChI is InChI=1S/C21H29N3S/c1-22-21(23-15-9-10-16-25-2)24-17-20(18-11-5-3-6-12-18)19-13-7-4-8-14-19/h3-8,11-14,20H,9-10,15-17H2,1-2H3,(H2,22,23,24). The number of hydrogen-bond acceptors (Lipinski definition) is 2. The Labute approximate surface area is 156 Å². The van der Waals surface area contributed by atoms with Crippen molar-refractivity contribution in [2.75, 3.05) is 32.1 Å². The molecule has 2 aromatic carbocycles. The third kappa shape index (κ3) is 6.83. The van der Waals surface area contributed by atoms with E-state index in [4.69, 9.17) is 0 Å². The zero-order chi connectivity index (χ0) is 17.7. The summed E-state index contributed by atoms with van der Waals surface area (Å²) in [4.78, 5) is 4.35. The van der Waals surface area contributed by atoms with E-state index in [-0.39, 0.29) is 0 Å². The van der Waals surface area contributed by atoms with Crippen molar-refractivity contribution in [1.29, 1.82) is 0 Å². The van der Waals surface area contributed by atoms with Crippen LogP contribution in [0.15, 0.2) is 65.7 Å². The molecule has 0 amide bonds. The Morgan fingerprint density at radius 2 is 1.52 bits per heavy atom. The van der Waals surface area contributed by atoms with Gasteiger partial charge in [0.15, 0.2) is 5.96 Å². The predicted octanol–water partition coefficient (Wildman–Crippen LogP) is 4.13. The van der Waals surface area contributed by atoms with Gasteiger partial charge < -0.3 is 10.6 Å². The van der Waals surface area contributed by atoms with E-state index in [0.29, 0.717) is 5.92 Å². The first-order valence-electron chi connectivity index (χ1n) is 8.88. The summed E-state index contributed by atoms with van der Waals surface area (Å²) in [5, 5.41) is 6.91. The van der Waals surface area contributed by atoms with E-state index in [1.54, 1.807) is 0 Å². The molecule has 4 heteroatoms. The number of rotatable bonds is 9. The lowest BCUT2D eigenvalue weighted by atomic mass is 9.91. The summed E-state index contributed by atoms with van der Waals surface area (Å²) >= 11 is 1.90. The lowest BCUT2D eigenvalue weighted by molar-refractivity contribution is 0.705. The zero-order valence-corrected chi connectivity index (χ0v) is 16.1. The topological polar surface area (TPSA) is 36.4 Å². The first-order chi connectivity index (χ1) is 12.3. The van der Waals surface area contributed by atoms with Crippen molar-refractivity contribution < 1.29 is 0 Å². The smallest absolute Gasteiger partial charge is 0.191 e. The number of unbranched alkanes of at least 4 members (excludes halogenated alkanes) is 1. The molecule has 0 atom stereocenters. The maximum absolute atomic E-state index is 4.35. The summed E-state index contributed by atoms with van der Waals surface area (Å²) in [5.74, 6) is 2.40. The Morgan fingerprint density at radius 1 is 0.920 bits per heavy atom. The van der Waals surface area contributed by atoms with Gasteiger partial charge in [0.05, 0.1) is 0 Å². The third-order valence-corrected chi connectivity index (χ3v) is 4.87. The first-order valence-corrected chi connectivity index (χ1v) is 10.3. The lowest BCUT2D eigenvalue weighted by Crippen LogP contribution is -2.40. The lowest BCUT2D eigenvalue weighted by Gasteiger charge is -2.20. The highest BCUT2D eigenvalue weighted by Crippen LogP contribution is 2.23. The van der Waals surface area contributed by atoms with Gasteiger partial charge in [0.25, 0.3) is 0 Å². The Balaban J connectivity index is 1.95. The molecule has 0 heterocycles. The monoisotopic (exact) mass is 355 g/mol. The quantitative estimate of drug-likeness (QED) is 0.403. The van der Waals surface area contributed by atoms with Crippen LogP contribution in [-0.4, -0.2) is 38.1 Å². The van der Waals surface area contributed by atoms with Gasteiger partial charge in [0, 0.05) is 26.1 Å². The molecule has 0 aliphatic rings. The van der Waals surface area contributed by atoms with Crippen LogP contribution in [0.3, 0.4) is 0 Å². The normalized spacial score (nSPS) is 11.6. The second kappa shape index (κ2) is 11.6. The molecular weight excluding hydrogens is 326 g/mol. The van der Waals surface area contributed by atoms with E-state index in [9.17, 15) is 0 Å². The molecule has 134 valence electrons. The summed E-state index contributed by atoms with van der Waals surface area (Å²) in [5.41, 5.74) is 2.63. The van der Waals surface area contributed by atoms with Crippen molar-refractivity contribution in [2.45, 2.75) is 18.8 Å². The Hall–Kier alpha value is -1.94. The van der Waals surface area contributed by atoms with Gasteiger partial charge in [0.2, 0.25) is 0 Å². The summed E-state index contributed by atoms with van der Waals surface area (Å²) in [6, 6.07) is 21.3. The summed E-state index contributed by atoms with van der Waals surface area (Å²) in [6.07, 6.45) is 4.56. The van der Waals surface area contributed by atoms with Crippen LogP contribution in [0.5, 0.6) is 0 Å². The number of guanidine groups is 1. The minimum Gasteiger partial charge on any atom is -0.356 e. The molecule has 0 bridgehead atoms. The van der Waals surface area contributed by atoms with Crippen molar-refractivity contribution in [3.63, 3.8) is 0 Å². The molecule has 0 radical (unpaired) electrons. The highest BCUT2D eigenvalue weighted by Gasteiger charge is 2.14. The Kier molecular flexibility index (Phi) is 8.98. The average molecular weight is 356 g/mol. The highest BCUT2D eigenvalue weighted by molar-refractivity contribution is 7.98. The van der Waals surface area contributed by atoms with E-state index in [0.717, 1.165) is 19.0 Å². The van der Waals surface area contributed by atoms with Crippen LogP contribution in [0.25, 0.3) is 0 Å². The molecule has 0 aliphatic carbocycles. The van der Waals surface area contributed by atoms with Crippen LogP contribution in [-0.2, 0) is 0 Å². The SMILES string of the molecule is CN=C(NCCCCSC)NCC(c1ccccc1)c1ccccc1. The maximum atomic E-state index is 4.35. The van der Waals surface area contributed by atoms with Crippen molar-refractivity contribution in [3.05, 3.63) is 71.8 Å². The minimum absolute atomic E-state index is 0.303. The molecule has 0 unspecified atom stereocenters. The van der Waals surface area contributed by atoms with Crippen LogP contribution in [0, 0.1) is 0 Å². The van der Waals surface area contributed by atoms with Gasteiger partial charge in [-0.3, -0.25) is 4.99 Å². The van der Waals surface area contributed by atoms with Crippen LogP contribution >= 0.6 is 11.8 Å². The van der Waals surface area contributed by atoms with Gasteiger partial charge in [-0.25, -0.2) is 0 Å². The van der Waals surface area contributed by atoms with Crippen LogP contribution < -0.4 is 10.6 Å².